The molecule has 0 unspecified atom stereocenters. The summed E-state index contributed by atoms with van der Waals surface area (Å²) in [5, 5.41) is 15.2. The van der Waals surface area contributed by atoms with Crippen molar-refractivity contribution in [1.29, 1.82) is 0 Å². The Labute approximate surface area is 114 Å². The lowest BCUT2D eigenvalue weighted by Gasteiger charge is -2.05. The van der Waals surface area contributed by atoms with Gasteiger partial charge < -0.3 is 0 Å². The van der Waals surface area contributed by atoms with Crippen LogP contribution in [0.4, 0.5) is 5.69 Å². The SMILES string of the molecule is CCc1cc(CC)n(-c2ncnc(Cl)c2[N+](=O)[O-])n1. The molecule has 2 heterocycles. The van der Waals surface area contributed by atoms with Gasteiger partial charge in [-0.05, 0) is 18.9 Å². The van der Waals surface area contributed by atoms with Gasteiger partial charge in [0.2, 0.25) is 11.0 Å². The van der Waals surface area contributed by atoms with Gasteiger partial charge in [-0.3, -0.25) is 10.1 Å². The van der Waals surface area contributed by atoms with Gasteiger partial charge in [-0.1, -0.05) is 25.4 Å². The summed E-state index contributed by atoms with van der Waals surface area (Å²) in [6.45, 7) is 3.91. The van der Waals surface area contributed by atoms with Crippen LogP contribution in [0.15, 0.2) is 12.4 Å². The average molecular weight is 282 g/mol. The van der Waals surface area contributed by atoms with E-state index < -0.39 is 4.92 Å². The van der Waals surface area contributed by atoms with Crippen LogP contribution in [-0.2, 0) is 12.8 Å². The highest BCUT2D eigenvalue weighted by molar-refractivity contribution is 6.31. The fourth-order valence-electron chi connectivity index (χ4n) is 1.74. The first-order chi connectivity index (χ1) is 9.08. The second-order valence-corrected chi connectivity index (χ2v) is 4.20. The minimum absolute atomic E-state index is 0.0987. The van der Waals surface area contributed by atoms with Crippen molar-refractivity contribution in [2.75, 3.05) is 0 Å². The summed E-state index contributed by atoms with van der Waals surface area (Å²) in [6, 6.07) is 1.90. The van der Waals surface area contributed by atoms with E-state index in [9.17, 15) is 10.1 Å². The van der Waals surface area contributed by atoms with Gasteiger partial charge in [0.15, 0.2) is 0 Å². The third-order valence-corrected chi connectivity index (χ3v) is 2.98. The molecule has 8 heteroatoms. The van der Waals surface area contributed by atoms with E-state index in [0.717, 1.165) is 17.8 Å². The maximum Gasteiger partial charge on any atom is 0.350 e. The summed E-state index contributed by atoms with van der Waals surface area (Å²) in [5.41, 5.74) is 1.36. The van der Waals surface area contributed by atoms with Crippen LogP contribution in [0.5, 0.6) is 0 Å². The van der Waals surface area contributed by atoms with Crippen LogP contribution in [0.25, 0.3) is 5.82 Å². The summed E-state index contributed by atoms with van der Waals surface area (Å²) in [5.74, 6) is 0.0987. The zero-order valence-corrected chi connectivity index (χ0v) is 11.3. The minimum atomic E-state index is -0.593. The van der Waals surface area contributed by atoms with Crippen molar-refractivity contribution in [2.45, 2.75) is 26.7 Å². The molecule has 0 N–H and O–H groups in total. The van der Waals surface area contributed by atoms with Crippen LogP contribution in [0.2, 0.25) is 5.15 Å². The third kappa shape index (κ3) is 2.41. The van der Waals surface area contributed by atoms with Crippen LogP contribution >= 0.6 is 11.6 Å². The summed E-state index contributed by atoms with van der Waals surface area (Å²) >= 11 is 5.78. The molecule has 2 aromatic heterocycles. The van der Waals surface area contributed by atoms with Crippen molar-refractivity contribution in [3.05, 3.63) is 39.0 Å². The Morgan fingerprint density at radius 1 is 1.37 bits per heavy atom. The maximum absolute atomic E-state index is 11.1. The molecule has 19 heavy (non-hydrogen) atoms. The van der Waals surface area contributed by atoms with E-state index in [4.69, 9.17) is 11.6 Å². The number of nitro groups is 1. The van der Waals surface area contributed by atoms with Crippen LogP contribution in [0.1, 0.15) is 25.2 Å². The molecule has 0 radical (unpaired) electrons. The van der Waals surface area contributed by atoms with Crippen LogP contribution < -0.4 is 0 Å². The normalized spacial score (nSPS) is 10.7. The Morgan fingerprint density at radius 2 is 2.11 bits per heavy atom. The van der Waals surface area contributed by atoms with E-state index in [1.54, 1.807) is 0 Å². The van der Waals surface area contributed by atoms with Gasteiger partial charge in [-0.25, -0.2) is 14.6 Å². The zero-order chi connectivity index (χ0) is 14.0. The molecule has 0 aliphatic heterocycles. The van der Waals surface area contributed by atoms with Crippen molar-refractivity contribution < 1.29 is 4.92 Å². The van der Waals surface area contributed by atoms with E-state index in [0.29, 0.717) is 6.42 Å². The molecule has 0 spiro atoms. The van der Waals surface area contributed by atoms with Crippen molar-refractivity contribution in [1.82, 2.24) is 19.7 Å². The van der Waals surface area contributed by atoms with Gasteiger partial charge in [0.25, 0.3) is 0 Å². The summed E-state index contributed by atoms with van der Waals surface area (Å²) < 4.78 is 1.46. The number of aromatic nitrogens is 4. The summed E-state index contributed by atoms with van der Waals surface area (Å²) in [4.78, 5) is 18.1. The van der Waals surface area contributed by atoms with Crippen molar-refractivity contribution >= 4 is 17.3 Å². The molecular formula is C11H12ClN5O2. The molecule has 0 amide bonds. The van der Waals surface area contributed by atoms with E-state index in [-0.39, 0.29) is 16.7 Å². The number of halogens is 1. The summed E-state index contributed by atoms with van der Waals surface area (Å²) in [6.07, 6.45) is 2.62. The largest absolute Gasteiger partial charge is 0.350 e. The first kappa shape index (κ1) is 13.4. The van der Waals surface area contributed by atoms with Crippen LogP contribution in [0, 0.1) is 10.1 Å². The van der Waals surface area contributed by atoms with Crippen molar-refractivity contribution in [2.24, 2.45) is 0 Å². The predicted octanol–water partition coefficient (Wildman–Crippen LogP) is 2.35. The molecule has 0 bridgehead atoms. The molecule has 7 nitrogen and oxygen atoms in total. The smallest absolute Gasteiger partial charge is 0.258 e. The third-order valence-electron chi connectivity index (χ3n) is 2.70. The lowest BCUT2D eigenvalue weighted by molar-refractivity contribution is -0.385. The Hall–Kier alpha value is -2.02. The fraction of sp³-hybridized carbons (Fsp3) is 0.364. The Balaban J connectivity index is 2.68. The Bertz CT molecular complexity index is 626. The fourth-order valence-corrected chi connectivity index (χ4v) is 1.94. The van der Waals surface area contributed by atoms with E-state index in [2.05, 4.69) is 15.1 Å². The monoisotopic (exact) mass is 281 g/mol. The van der Waals surface area contributed by atoms with E-state index in [1.165, 1.54) is 11.0 Å². The molecule has 2 rings (SSSR count). The number of nitrogens with zero attached hydrogens (tertiary/aromatic N) is 5. The first-order valence-electron chi connectivity index (χ1n) is 5.81. The predicted molar refractivity (Wildman–Crippen MR) is 69.6 cm³/mol. The number of hydrogen-bond donors (Lipinski definition) is 0. The Kier molecular flexibility index (Phi) is 3.75. The number of rotatable bonds is 4. The van der Waals surface area contributed by atoms with Gasteiger partial charge in [-0.15, -0.1) is 0 Å². The van der Waals surface area contributed by atoms with Gasteiger partial charge in [0.05, 0.1) is 10.6 Å². The molecular weight excluding hydrogens is 270 g/mol. The number of aryl methyl sites for hydroxylation is 2. The highest BCUT2D eigenvalue weighted by Crippen LogP contribution is 2.28. The standard InChI is InChI=1S/C11H12ClN5O2/c1-3-7-5-8(4-2)16(15-7)11-9(17(18)19)10(12)13-6-14-11/h5-6H,3-4H2,1-2H3. The molecule has 0 aromatic carbocycles. The molecule has 100 valence electrons. The second-order valence-electron chi connectivity index (χ2n) is 3.84. The number of hydrogen-bond acceptors (Lipinski definition) is 5. The Morgan fingerprint density at radius 3 is 2.68 bits per heavy atom. The first-order valence-corrected chi connectivity index (χ1v) is 6.19. The highest BCUT2D eigenvalue weighted by atomic mass is 35.5. The quantitative estimate of drug-likeness (QED) is 0.488. The van der Waals surface area contributed by atoms with Crippen molar-refractivity contribution in [3.63, 3.8) is 0 Å². The van der Waals surface area contributed by atoms with Crippen LogP contribution in [0.3, 0.4) is 0 Å². The van der Waals surface area contributed by atoms with E-state index >= 15 is 0 Å². The van der Waals surface area contributed by atoms with Gasteiger partial charge in [-0.2, -0.15) is 5.10 Å². The van der Waals surface area contributed by atoms with E-state index in [1.807, 2.05) is 19.9 Å². The second kappa shape index (κ2) is 5.31. The molecule has 0 fully saturated rings. The average Bonchev–Trinajstić information content (AvgIpc) is 2.81. The van der Waals surface area contributed by atoms with Gasteiger partial charge >= 0.3 is 5.69 Å². The van der Waals surface area contributed by atoms with Crippen molar-refractivity contribution in [3.8, 4) is 5.82 Å². The molecule has 0 aliphatic rings. The highest BCUT2D eigenvalue weighted by Gasteiger charge is 2.25. The summed E-state index contributed by atoms with van der Waals surface area (Å²) in [7, 11) is 0. The molecule has 0 aliphatic carbocycles. The molecule has 2 aromatic rings. The van der Waals surface area contributed by atoms with Gasteiger partial charge in [0, 0.05) is 5.69 Å². The molecule has 0 atom stereocenters. The zero-order valence-electron chi connectivity index (χ0n) is 10.5. The molecule has 0 saturated carbocycles. The van der Waals surface area contributed by atoms with Gasteiger partial charge in [0.1, 0.15) is 6.33 Å². The lowest BCUT2D eigenvalue weighted by Crippen LogP contribution is -2.08. The molecule has 0 saturated heterocycles. The maximum atomic E-state index is 11.1. The topological polar surface area (TPSA) is 86.7 Å². The lowest BCUT2D eigenvalue weighted by atomic mass is 10.2. The minimum Gasteiger partial charge on any atom is -0.258 e. The van der Waals surface area contributed by atoms with Crippen LogP contribution in [-0.4, -0.2) is 24.7 Å².